The number of ether oxygens (including phenoxy) is 1. The smallest absolute Gasteiger partial charge is 0.118 e. The van der Waals surface area contributed by atoms with Crippen LogP contribution in [0.5, 0.6) is 5.75 Å². The van der Waals surface area contributed by atoms with E-state index in [0.717, 1.165) is 22.8 Å². The number of hydrogen-bond donors (Lipinski definition) is 1. The zero-order chi connectivity index (χ0) is 15.3. The second kappa shape index (κ2) is 6.97. The highest BCUT2D eigenvalue weighted by atomic mass is 35.5. The number of hydrogen-bond acceptors (Lipinski definition) is 2. The van der Waals surface area contributed by atoms with E-state index in [1.165, 1.54) is 5.56 Å². The number of benzene rings is 2. The van der Waals surface area contributed by atoms with Crippen molar-refractivity contribution in [1.29, 1.82) is 0 Å². The van der Waals surface area contributed by atoms with Crippen LogP contribution in [0.15, 0.2) is 48.5 Å². The topological polar surface area (TPSA) is 29.5 Å². The molecule has 21 heavy (non-hydrogen) atoms. The van der Waals surface area contributed by atoms with Crippen LogP contribution in [0.1, 0.15) is 24.5 Å². The Labute approximate surface area is 131 Å². The number of halogens is 1. The SMILES string of the molecule is COc1ccc(CCC(C)(O)Cc2ccc(Cl)cc2)cc1. The van der Waals surface area contributed by atoms with Crippen LogP contribution in [0.3, 0.4) is 0 Å². The van der Waals surface area contributed by atoms with Crippen LogP contribution in [0.25, 0.3) is 0 Å². The van der Waals surface area contributed by atoms with Crippen LogP contribution in [-0.2, 0) is 12.8 Å². The highest BCUT2D eigenvalue weighted by Crippen LogP contribution is 2.21. The van der Waals surface area contributed by atoms with Crippen LogP contribution < -0.4 is 4.74 Å². The molecule has 0 amide bonds. The summed E-state index contributed by atoms with van der Waals surface area (Å²) in [6, 6.07) is 15.6. The molecule has 2 aromatic rings. The van der Waals surface area contributed by atoms with Gasteiger partial charge in [-0.15, -0.1) is 0 Å². The molecule has 0 bridgehead atoms. The third-order valence-electron chi connectivity index (χ3n) is 3.61. The van der Waals surface area contributed by atoms with Crippen molar-refractivity contribution >= 4 is 11.6 Å². The van der Waals surface area contributed by atoms with E-state index in [1.54, 1.807) is 7.11 Å². The minimum Gasteiger partial charge on any atom is -0.497 e. The number of methoxy groups -OCH3 is 1. The lowest BCUT2D eigenvalue weighted by molar-refractivity contribution is 0.0516. The van der Waals surface area contributed by atoms with Crippen LogP contribution in [0.2, 0.25) is 5.02 Å². The normalized spacial score (nSPS) is 13.7. The van der Waals surface area contributed by atoms with Gasteiger partial charge in [-0.3, -0.25) is 0 Å². The van der Waals surface area contributed by atoms with E-state index in [2.05, 4.69) is 0 Å². The maximum atomic E-state index is 10.5. The minimum atomic E-state index is -0.728. The van der Waals surface area contributed by atoms with Gasteiger partial charge in [0.05, 0.1) is 12.7 Å². The van der Waals surface area contributed by atoms with Gasteiger partial charge >= 0.3 is 0 Å². The van der Waals surface area contributed by atoms with E-state index in [1.807, 2.05) is 55.5 Å². The van der Waals surface area contributed by atoms with Crippen LogP contribution >= 0.6 is 11.6 Å². The first-order valence-electron chi connectivity index (χ1n) is 7.08. The summed E-state index contributed by atoms with van der Waals surface area (Å²) in [6.45, 7) is 1.88. The zero-order valence-electron chi connectivity index (χ0n) is 12.5. The molecule has 0 aliphatic carbocycles. The molecule has 2 aromatic carbocycles. The molecule has 0 aliphatic heterocycles. The Balaban J connectivity index is 1.92. The summed E-state index contributed by atoms with van der Waals surface area (Å²) in [6.07, 6.45) is 2.17. The summed E-state index contributed by atoms with van der Waals surface area (Å²) in [5.41, 5.74) is 1.57. The van der Waals surface area contributed by atoms with Gasteiger partial charge in [0, 0.05) is 11.4 Å². The highest BCUT2D eigenvalue weighted by Gasteiger charge is 2.20. The molecule has 2 nitrogen and oxygen atoms in total. The molecule has 0 aliphatic rings. The molecule has 0 spiro atoms. The standard InChI is InChI=1S/C18H21ClO2/c1-18(20,13-15-3-7-16(19)8-4-15)12-11-14-5-9-17(21-2)10-6-14/h3-10,20H,11-13H2,1-2H3. The van der Waals surface area contributed by atoms with Gasteiger partial charge in [0.2, 0.25) is 0 Å². The second-order valence-electron chi connectivity index (χ2n) is 5.65. The first-order valence-corrected chi connectivity index (χ1v) is 7.46. The summed E-state index contributed by atoms with van der Waals surface area (Å²) >= 11 is 5.88. The molecule has 1 atom stereocenters. The Bertz CT molecular complexity index is 559. The molecule has 1 N–H and O–H groups in total. The molecule has 0 saturated heterocycles. The van der Waals surface area contributed by atoms with Crippen LogP contribution in [0, 0.1) is 0 Å². The fraction of sp³-hybridized carbons (Fsp3) is 0.333. The van der Waals surface area contributed by atoms with Crippen molar-refractivity contribution < 1.29 is 9.84 Å². The first kappa shape index (κ1) is 15.9. The predicted octanol–water partition coefficient (Wildman–Crippen LogP) is 4.27. The van der Waals surface area contributed by atoms with Crippen molar-refractivity contribution in [1.82, 2.24) is 0 Å². The van der Waals surface area contributed by atoms with Gasteiger partial charge in [-0.2, -0.15) is 0 Å². The van der Waals surface area contributed by atoms with Crippen molar-refractivity contribution in [2.45, 2.75) is 31.8 Å². The van der Waals surface area contributed by atoms with Gasteiger partial charge in [-0.05, 0) is 55.2 Å². The molecule has 0 fully saturated rings. The zero-order valence-corrected chi connectivity index (χ0v) is 13.2. The highest BCUT2D eigenvalue weighted by molar-refractivity contribution is 6.30. The van der Waals surface area contributed by atoms with E-state index in [4.69, 9.17) is 16.3 Å². The third-order valence-corrected chi connectivity index (χ3v) is 3.86. The van der Waals surface area contributed by atoms with Crippen LogP contribution in [-0.4, -0.2) is 17.8 Å². The maximum absolute atomic E-state index is 10.5. The Morgan fingerprint density at radius 3 is 2.14 bits per heavy atom. The Hall–Kier alpha value is -1.51. The summed E-state index contributed by atoms with van der Waals surface area (Å²) in [5, 5.41) is 11.3. The lowest BCUT2D eigenvalue weighted by Crippen LogP contribution is -2.27. The molecular weight excluding hydrogens is 284 g/mol. The lowest BCUT2D eigenvalue weighted by atomic mass is 9.90. The van der Waals surface area contributed by atoms with Gasteiger partial charge in [0.25, 0.3) is 0 Å². The summed E-state index contributed by atoms with van der Waals surface area (Å²) in [5.74, 6) is 0.853. The number of rotatable bonds is 6. The van der Waals surface area contributed by atoms with Gasteiger partial charge in [-0.1, -0.05) is 35.9 Å². The van der Waals surface area contributed by atoms with E-state index >= 15 is 0 Å². The van der Waals surface area contributed by atoms with Crippen molar-refractivity contribution in [3.05, 3.63) is 64.7 Å². The predicted molar refractivity (Wildman–Crippen MR) is 87.1 cm³/mol. The fourth-order valence-electron chi connectivity index (χ4n) is 2.34. The number of aryl methyl sites for hydroxylation is 1. The summed E-state index contributed by atoms with van der Waals surface area (Å²) < 4.78 is 5.14. The fourth-order valence-corrected chi connectivity index (χ4v) is 2.46. The average Bonchev–Trinajstić information content (AvgIpc) is 2.48. The van der Waals surface area contributed by atoms with E-state index in [-0.39, 0.29) is 0 Å². The van der Waals surface area contributed by atoms with Gasteiger partial charge in [0.1, 0.15) is 5.75 Å². The van der Waals surface area contributed by atoms with E-state index < -0.39 is 5.60 Å². The number of aliphatic hydroxyl groups is 1. The molecule has 3 heteroatoms. The Kier molecular flexibility index (Phi) is 5.27. The summed E-state index contributed by atoms with van der Waals surface area (Å²) in [7, 11) is 1.66. The second-order valence-corrected chi connectivity index (χ2v) is 6.08. The molecular formula is C18H21ClO2. The summed E-state index contributed by atoms with van der Waals surface area (Å²) in [4.78, 5) is 0. The monoisotopic (exact) mass is 304 g/mol. The molecule has 2 rings (SSSR count). The molecule has 0 heterocycles. The molecule has 0 aromatic heterocycles. The van der Waals surface area contributed by atoms with Gasteiger partial charge in [0.15, 0.2) is 0 Å². The molecule has 1 unspecified atom stereocenters. The largest absolute Gasteiger partial charge is 0.497 e. The first-order chi connectivity index (χ1) is 9.98. The van der Waals surface area contributed by atoms with Crippen LogP contribution in [0.4, 0.5) is 0 Å². The Morgan fingerprint density at radius 1 is 1.00 bits per heavy atom. The third kappa shape index (κ3) is 5.07. The Morgan fingerprint density at radius 2 is 1.57 bits per heavy atom. The van der Waals surface area contributed by atoms with Crippen molar-refractivity contribution in [2.75, 3.05) is 7.11 Å². The van der Waals surface area contributed by atoms with Gasteiger partial charge < -0.3 is 9.84 Å². The van der Waals surface area contributed by atoms with E-state index in [9.17, 15) is 5.11 Å². The van der Waals surface area contributed by atoms with Gasteiger partial charge in [-0.25, -0.2) is 0 Å². The van der Waals surface area contributed by atoms with Crippen molar-refractivity contribution in [2.24, 2.45) is 0 Å². The van der Waals surface area contributed by atoms with Crippen molar-refractivity contribution in [3.8, 4) is 5.75 Å². The molecule has 0 radical (unpaired) electrons. The lowest BCUT2D eigenvalue weighted by Gasteiger charge is -2.23. The maximum Gasteiger partial charge on any atom is 0.118 e. The minimum absolute atomic E-state index is 0.625. The molecule has 0 saturated carbocycles. The van der Waals surface area contributed by atoms with E-state index in [0.29, 0.717) is 12.8 Å². The quantitative estimate of drug-likeness (QED) is 0.863. The average molecular weight is 305 g/mol. The molecule has 112 valence electrons. The van der Waals surface area contributed by atoms with Crippen molar-refractivity contribution in [3.63, 3.8) is 0 Å².